The van der Waals surface area contributed by atoms with Gasteiger partial charge in [0.15, 0.2) is 9.84 Å². The first kappa shape index (κ1) is 20.9. The highest BCUT2D eigenvalue weighted by molar-refractivity contribution is 7.99. The van der Waals surface area contributed by atoms with Crippen molar-refractivity contribution in [1.82, 2.24) is 4.90 Å². The van der Waals surface area contributed by atoms with Gasteiger partial charge < -0.3 is 9.64 Å². The van der Waals surface area contributed by atoms with E-state index in [-0.39, 0.29) is 10.8 Å². The molecular weight excluding hydrogens is 394 g/mol. The smallest absolute Gasteiger partial charge is 0.255 e. The van der Waals surface area contributed by atoms with Gasteiger partial charge in [-0.15, -0.1) is 0 Å². The van der Waals surface area contributed by atoms with Crippen LogP contribution in [0, 0.1) is 5.92 Å². The molecule has 0 radical (unpaired) electrons. The summed E-state index contributed by atoms with van der Waals surface area (Å²) in [5.41, 5.74) is 0.667. The van der Waals surface area contributed by atoms with Crippen LogP contribution in [0.15, 0.2) is 63.2 Å². The SMILES string of the molecule is CCN(CC1CCOC1)C(=O)c1ccccc1Sc1ccc(S(C)(=O)=O)cc1. The second-order valence-electron chi connectivity index (χ2n) is 6.92. The molecule has 0 saturated carbocycles. The van der Waals surface area contributed by atoms with Crippen molar-refractivity contribution in [2.24, 2.45) is 5.92 Å². The van der Waals surface area contributed by atoms with Gasteiger partial charge in [-0.3, -0.25) is 4.79 Å². The minimum atomic E-state index is -3.22. The van der Waals surface area contributed by atoms with Crippen molar-refractivity contribution in [1.29, 1.82) is 0 Å². The average molecular weight is 420 g/mol. The Labute approximate surface area is 171 Å². The third-order valence-corrected chi connectivity index (χ3v) is 6.98. The minimum absolute atomic E-state index is 0.0188. The molecular formula is C21H25NO4S2. The molecule has 1 atom stereocenters. The monoisotopic (exact) mass is 419 g/mol. The summed E-state index contributed by atoms with van der Waals surface area (Å²) in [6, 6.07) is 14.3. The van der Waals surface area contributed by atoms with E-state index in [4.69, 9.17) is 4.74 Å². The number of rotatable bonds is 7. The van der Waals surface area contributed by atoms with Gasteiger partial charge in [0.25, 0.3) is 5.91 Å². The predicted molar refractivity (Wildman–Crippen MR) is 111 cm³/mol. The van der Waals surface area contributed by atoms with Crippen LogP contribution in [-0.2, 0) is 14.6 Å². The molecule has 7 heteroatoms. The quantitative estimate of drug-likeness (QED) is 0.684. The summed E-state index contributed by atoms with van der Waals surface area (Å²) in [5.74, 6) is 0.414. The van der Waals surface area contributed by atoms with Crippen LogP contribution in [-0.4, -0.2) is 51.8 Å². The number of hydrogen-bond donors (Lipinski definition) is 0. The summed E-state index contributed by atoms with van der Waals surface area (Å²) in [5, 5.41) is 0. The molecule has 5 nitrogen and oxygen atoms in total. The molecule has 1 aliphatic heterocycles. The molecule has 1 fully saturated rings. The highest BCUT2D eigenvalue weighted by Gasteiger charge is 2.24. The first-order chi connectivity index (χ1) is 13.4. The van der Waals surface area contributed by atoms with Crippen LogP contribution in [0.5, 0.6) is 0 Å². The van der Waals surface area contributed by atoms with Gasteiger partial charge in [0.05, 0.1) is 17.1 Å². The number of carbonyl (C=O) groups is 1. The Hall–Kier alpha value is -1.83. The molecule has 28 heavy (non-hydrogen) atoms. The van der Waals surface area contributed by atoms with E-state index in [9.17, 15) is 13.2 Å². The van der Waals surface area contributed by atoms with Crippen molar-refractivity contribution in [3.8, 4) is 0 Å². The maximum Gasteiger partial charge on any atom is 0.255 e. The molecule has 2 aromatic rings. The van der Waals surface area contributed by atoms with Crippen LogP contribution < -0.4 is 0 Å². The molecule has 150 valence electrons. The van der Waals surface area contributed by atoms with Gasteiger partial charge in [-0.25, -0.2) is 8.42 Å². The van der Waals surface area contributed by atoms with E-state index in [1.807, 2.05) is 36.1 Å². The third kappa shape index (κ3) is 5.16. The molecule has 1 heterocycles. The molecule has 1 saturated heterocycles. The van der Waals surface area contributed by atoms with E-state index < -0.39 is 9.84 Å². The standard InChI is InChI=1S/C21H25NO4S2/c1-3-22(14-16-12-13-26-15-16)21(23)19-6-4-5-7-20(19)27-17-8-10-18(11-9-17)28(2,24)25/h4-11,16H,3,12-15H2,1-2H3. The van der Waals surface area contributed by atoms with Crippen molar-refractivity contribution >= 4 is 27.5 Å². The molecule has 0 aromatic heterocycles. The van der Waals surface area contributed by atoms with Gasteiger partial charge in [0.2, 0.25) is 0 Å². The highest BCUT2D eigenvalue weighted by atomic mass is 32.2. The van der Waals surface area contributed by atoms with Crippen molar-refractivity contribution in [2.75, 3.05) is 32.6 Å². The Morgan fingerprint density at radius 2 is 1.89 bits per heavy atom. The van der Waals surface area contributed by atoms with Gasteiger partial charge in [0, 0.05) is 41.7 Å². The second kappa shape index (κ2) is 9.11. The van der Waals surface area contributed by atoms with Gasteiger partial charge in [-0.05, 0) is 49.7 Å². The minimum Gasteiger partial charge on any atom is -0.381 e. The number of benzene rings is 2. The fraction of sp³-hybridized carbons (Fsp3) is 0.381. The molecule has 1 aliphatic rings. The van der Waals surface area contributed by atoms with E-state index in [1.54, 1.807) is 24.3 Å². The van der Waals surface area contributed by atoms with E-state index in [0.717, 1.165) is 22.8 Å². The van der Waals surface area contributed by atoms with E-state index in [1.165, 1.54) is 18.0 Å². The molecule has 0 bridgehead atoms. The Bertz CT molecular complexity index is 920. The molecule has 3 rings (SSSR count). The molecule has 1 amide bonds. The molecule has 2 aromatic carbocycles. The van der Waals surface area contributed by atoms with Crippen molar-refractivity contribution in [2.45, 2.75) is 28.0 Å². The van der Waals surface area contributed by atoms with E-state index >= 15 is 0 Å². The average Bonchev–Trinajstić information content (AvgIpc) is 3.19. The fourth-order valence-electron chi connectivity index (χ4n) is 3.18. The molecule has 0 N–H and O–H groups in total. The topological polar surface area (TPSA) is 63.7 Å². The highest BCUT2D eigenvalue weighted by Crippen LogP contribution is 2.32. The summed E-state index contributed by atoms with van der Waals surface area (Å²) in [6.45, 7) is 4.83. The Kier molecular flexibility index (Phi) is 6.80. The van der Waals surface area contributed by atoms with Crippen LogP contribution in [0.25, 0.3) is 0 Å². The van der Waals surface area contributed by atoms with Crippen LogP contribution in [0.1, 0.15) is 23.7 Å². The third-order valence-electron chi connectivity index (χ3n) is 4.77. The summed E-state index contributed by atoms with van der Waals surface area (Å²) in [7, 11) is -3.22. The molecule has 0 spiro atoms. The lowest BCUT2D eigenvalue weighted by atomic mass is 10.1. The van der Waals surface area contributed by atoms with Gasteiger partial charge in [-0.1, -0.05) is 23.9 Å². The number of carbonyl (C=O) groups excluding carboxylic acids is 1. The Balaban J connectivity index is 1.79. The lowest BCUT2D eigenvalue weighted by Crippen LogP contribution is -2.35. The first-order valence-corrected chi connectivity index (χ1v) is 12.0. The van der Waals surface area contributed by atoms with E-state index in [2.05, 4.69) is 0 Å². The largest absolute Gasteiger partial charge is 0.381 e. The number of nitrogens with zero attached hydrogens (tertiary/aromatic N) is 1. The summed E-state index contributed by atoms with van der Waals surface area (Å²) >= 11 is 1.47. The normalized spacial score (nSPS) is 16.9. The van der Waals surface area contributed by atoms with Gasteiger partial charge in [-0.2, -0.15) is 0 Å². The van der Waals surface area contributed by atoms with Crippen LogP contribution in [0.4, 0.5) is 0 Å². The van der Waals surface area contributed by atoms with Gasteiger partial charge in [0.1, 0.15) is 0 Å². The zero-order valence-corrected chi connectivity index (χ0v) is 17.8. The summed E-state index contributed by atoms with van der Waals surface area (Å²) in [4.78, 5) is 17.1. The second-order valence-corrected chi connectivity index (χ2v) is 10.0. The van der Waals surface area contributed by atoms with Gasteiger partial charge >= 0.3 is 0 Å². The number of amides is 1. The first-order valence-electron chi connectivity index (χ1n) is 9.32. The predicted octanol–water partition coefficient (Wildman–Crippen LogP) is 3.74. The van der Waals surface area contributed by atoms with E-state index in [0.29, 0.717) is 31.2 Å². The Morgan fingerprint density at radius 1 is 1.18 bits per heavy atom. The number of hydrogen-bond acceptors (Lipinski definition) is 5. The van der Waals surface area contributed by atoms with Crippen LogP contribution in [0.2, 0.25) is 0 Å². The maximum absolute atomic E-state index is 13.2. The number of ether oxygens (including phenoxy) is 1. The zero-order valence-electron chi connectivity index (χ0n) is 16.1. The fourth-order valence-corrected chi connectivity index (χ4v) is 4.75. The number of sulfone groups is 1. The summed E-state index contributed by atoms with van der Waals surface area (Å²) in [6.07, 6.45) is 2.19. The lowest BCUT2D eigenvalue weighted by molar-refractivity contribution is 0.0727. The maximum atomic E-state index is 13.2. The lowest BCUT2D eigenvalue weighted by Gasteiger charge is -2.24. The molecule has 1 unspecified atom stereocenters. The zero-order chi connectivity index (χ0) is 20.1. The molecule has 0 aliphatic carbocycles. The van der Waals surface area contributed by atoms with Crippen LogP contribution in [0.3, 0.4) is 0 Å². The summed E-state index contributed by atoms with van der Waals surface area (Å²) < 4.78 is 28.7. The van der Waals surface area contributed by atoms with Crippen molar-refractivity contribution in [3.05, 3.63) is 54.1 Å². The van der Waals surface area contributed by atoms with Crippen molar-refractivity contribution in [3.63, 3.8) is 0 Å². The van der Waals surface area contributed by atoms with Crippen molar-refractivity contribution < 1.29 is 17.9 Å². The van der Waals surface area contributed by atoms with Crippen LogP contribution >= 0.6 is 11.8 Å². The Morgan fingerprint density at radius 3 is 2.50 bits per heavy atom.